The van der Waals surface area contributed by atoms with Crippen LogP contribution in [0.25, 0.3) is 21.8 Å². The van der Waals surface area contributed by atoms with Gasteiger partial charge in [-0.1, -0.05) is 18.2 Å². The van der Waals surface area contributed by atoms with E-state index in [9.17, 15) is 19.8 Å². The van der Waals surface area contributed by atoms with Gasteiger partial charge in [-0.15, -0.1) is 10.2 Å². The summed E-state index contributed by atoms with van der Waals surface area (Å²) in [5, 5.41) is 28.7. The molecule has 0 saturated carbocycles. The number of pyridine rings is 1. The molecule has 39 heavy (non-hydrogen) atoms. The van der Waals surface area contributed by atoms with Gasteiger partial charge in [0.15, 0.2) is 5.69 Å². The van der Waals surface area contributed by atoms with Crippen molar-refractivity contribution in [2.45, 2.75) is 20.1 Å². The Kier molecular flexibility index (Phi) is 7.02. The summed E-state index contributed by atoms with van der Waals surface area (Å²) in [6.07, 6.45) is 1.30. The number of piperazine rings is 1. The van der Waals surface area contributed by atoms with Gasteiger partial charge in [0.1, 0.15) is 11.4 Å². The van der Waals surface area contributed by atoms with Crippen molar-refractivity contribution in [1.82, 2.24) is 14.0 Å². The van der Waals surface area contributed by atoms with Crippen LogP contribution in [-0.2, 0) is 13.2 Å². The summed E-state index contributed by atoms with van der Waals surface area (Å²) < 4.78 is 18.6. The zero-order chi connectivity index (χ0) is 27.8. The molecule has 202 valence electrons. The zero-order valence-electron chi connectivity index (χ0n) is 21.0. The number of carboxylic acids is 1. The molecule has 0 amide bonds. The van der Waals surface area contributed by atoms with Gasteiger partial charge in [0.05, 0.1) is 23.4 Å². The normalized spacial score (nSPS) is 14.6. The van der Waals surface area contributed by atoms with Crippen molar-refractivity contribution in [2.24, 2.45) is 16.0 Å². The SMILES string of the molecule is CCn1cc(C(=O)O)c(=O)c2cc(F)c(N3CCN(Cn4c(O)c(N=NC(N)=S)c5ccccc54)CC3)cc21. The van der Waals surface area contributed by atoms with E-state index in [1.807, 2.05) is 36.1 Å². The second kappa shape index (κ2) is 10.4. The van der Waals surface area contributed by atoms with E-state index in [0.717, 1.165) is 11.6 Å². The fourth-order valence-electron chi connectivity index (χ4n) is 5.00. The van der Waals surface area contributed by atoms with Crippen LogP contribution in [0.4, 0.5) is 15.8 Å². The van der Waals surface area contributed by atoms with Gasteiger partial charge < -0.3 is 25.4 Å². The molecule has 13 heteroatoms. The third kappa shape index (κ3) is 4.81. The van der Waals surface area contributed by atoms with Crippen molar-refractivity contribution < 1.29 is 19.4 Å². The van der Waals surface area contributed by atoms with Gasteiger partial charge in [0.2, 0.25) is 16.4 Å². The van der Waals surface area contributed by atoms with Crippen molar-refractivity contribution in [2.75, 3.05) is 31.1 Å². The van der Waals surface area contributed by atoms with Crippen molar-refractivity contribution in [3.8, 4) is 5.88 Å². The van der Waals surface area contributed by atoms with Crippen LogP contribution in [0.3, 0.4) is 0 Å². The number of carbonyl (C=O) groups is 1. The Morgan fingerprint density at radius 2 is 1.85 bits per heavy atom. The van der Waals surface area contributed by atoms with Crippen molar-refractivity contribution in [1.29, 1.82) is 0 Å². The van der Waals surface area contributed by atoms with Crippen LogP contribution < -0.4 is 16.1 Å². The van der Waals surface area contributed by atoms with E-state index in [-0.39, 0.29) is 27.6 Å². The number of halogens is 1. The Morgan fingerprint density at radius 3 is 2.51 bits per heavy atom. The van der Waals surface area contributed by atoms with Crippen LogP contribution in [0.5, 0.6) is 5.88 Å². The fraction of sp³-hybridized carbons (Fsp3) is 0.269. The Hall–Kier alpha value is -4.36. The average molecular weight is 552 g/mol. The summed E-state index contributed by atoms with van der Waals surface area (Å²) in [6, 6.07) is 10.1. The molecule has 2 aromatic heterocycles. The predicted octanol–water partition coefficient (Wildman–Crippen LogP) is 3.63. The molecule has 0 spiro atoms. The predicted molar refractivity (Wildman–Crippen MR) is 149 cm³/mol. The molecule has 3 heterocycles. The van der Waals surface area contributed by atoms with E-state index in [2.05, 4.69) is 15.1 Å². The van der Waals surface area contributed by atoms with Gasteiger partial charge in [-0.2, -0.15) is 0 Å². The number of aromatic nitrogens is 2. The quantitative estimate of drug-likeness (QED) is 0.244. The van der Waals surface area contributed by atoms with Gasteiger partial charge >= 0.3 is 5.97 Å². The molecular formula is C26H26FN7O4S. The number of thiocarbonyl (C=S) groups is 1. The zero-order valence-corrected chi connectivity index (χ0v) is 21.9. The van der Waals surface area contributed by atoms with E-state index in [0.29, 0.717) is 56.0 Å². The molecule has 0 aliphatic carbocycles. The van der Waals surface area contributed by atoms with Crippen molar-refractivity contribution >= 4 is 56.5 Å². The molecule has 0 atom stereocenters. The van der Waals surface area contributed by atoms with Gasteiger partial charge in [0, 0.05) is 49.7 Å². The highest BCUT2D eigenvalue weighted by Gasteiger charge is 2.24. The van der Waals surface area contributed by atoms with Gasteiger partial charge in [0.25, 0.3) is 0 Å². The van der Waals surface area contributed by atoms with Gasteiger partial charge in [-0.25, -0.2) is 9.18 Å². The molecule has 4 N–H and O–H groups in total. The highest BCUT2D eigenvalue weighted by Crippen LogP contribution is 2.39. The number of azo groups is 1. The van der Waals surface area contributed by atoms with Crippen LogP contribution in [-0.4, -0.2) is 61.5 Å². The molecule has 2 aromatic carbocycles. The summed E-state index contributed by atoms with van der Waals surface area (Å²) in [7, 11) is 0. The first-order chi connectivity index (χ1) is 18.7. The maximum absolute atomic E-state index is 15.2. The first kappa shape index (κ1) is 26.3. The summed E-state index contributed by atoms with van der Waals surface area (Å²) in [5.74, 6) is -1.98. The number of fused-ring (bicyclic) bond motifs is 2. The number of hydrogen-bond acceptors (Lipinski definition) is 7. The van der Waals surface area contributed by atoms with E-state index in [4.69, 9.17) is 18.0 Å². The topological polar surface area (TPSA) is 142 Å². The molecule has 0 radical (unpaired) electrons. The maximum atomic E-state index is 15.2. The smallest absolute Gasteiger partial charge is 0.341 e. The molecule has 1 aliphatic heterocycles. The Labute approximate surface area is 227 Å². The second-order valence-electron chi connectivity index (χ2n) is 9.19. The first-order valence-electron chi connectivity index (χ1n) is 12.3. The fourth-order valence-corrected chi connectivity index (χ4v) is 5.04. The number of nitrogens with zero attached hydrogens (tertiary/aromatic N) is 6. The second-order valence-corrected chi connectivity index (χ2v) is 9.60. The molecule has 1 fully saturated rings. The monoisotopic (exact) mass is 551 g/mol. The molecule has 5 rings (SSSR count). The Balaban J connectivity index is 1.39. The lowest BCUT2D eigenvalue weighted by atomic mass is 10.1. The third-order valence-corrected chi connectivity index (χ3v) is 7.02. The number of para-hydroxylation sites is 1. The maximum Gasteiger partial charge on any atom is 0.341 e. The largest absolute Gasteiger partial charge is 0.493 e. The molecule has 0 unspecified atom stereocenters. The highest BCUT2D eigenvalue weighted by molar-refractivity contribution is 7.80. The van der Waals surface area contributed by atoms with Crippen LogP contribution in [0.15, 0.2) is 57.6 Å². The van der Waals surface area contributed by atoms with Crippen LogP contribution in [0, 0.1) is 5.82 Å². The van der Waals surface area contributed by atoms with E-state index in [1.165, 1.54) is 6.20 Å². The molecule has 11 nitrogen and oxygen atoms in total. The van der Waals surface area contributed by atoms with Crippen LogP contribution in [0.2, 0.25) is 0 Å². The number of benzene rings is 2. The van der Waals surface area contributed by atoms with E-state index >= 15 is 4.39 Å². The number of carboxylic acid groups (broad SMARTS) is 1. The number of nitrogens with two attached hydrogens (primary N) is 1. The lowest BCUT2D eigenvalue weighted by Crippen LogP contribution is -2.47. The average Bonchev–Trinajstić information content (AvgIpc) is 3.18. The number of aromatic hydroxyl groups is 1. The van der Waals surface area contributed by atoms with Gasteiger partial charge in [-0.3, -0.25) is 14.3 Å². The van der Waals surface area contributed by atoms with Crippen LogP contribution >= 0.6 is 12.2 Å². The van der Waals surface area contributed by atoms with Crippen LogP contribution in [0.1, 0.15) is 17.3 Å². The number of hydrogen-bond donors (Lipinski definition) is 3. The number of aryl methyl sites for hydroxylation is 1. The van der Waals surface area contributed by atoms with Crippen molar-refractivity contribution in [3.63, 3.8) is 0 Å². The lowest BCUT2D eigenvalue weighted by molar-refractivity contribution is 0.0695. The summed E-state index contributed by atoms with van der Waals surface area (Å²) >= 11 is 4.77. The first-order valence-corrected chi connectivity index (χ1v) is 12.7. The number of rotatable bonds is 6. The minimum absolute atomic E-state index is 0.0370. The summed E-state index contributed by atoms with van der Waals surface area (Å²) in [5.41, 5.74) is 6.23. The molecule has 4 aromatic rings. The highest BCUT2D eigenvalue weighted by atomic mass is 32.1. The molecule has 0 bridgehead atoms. The summed E-state index contributed by atoms with van der Waals surface area (Å²) in [4.78, 5) is 28.2. The molecular weight excluding hydrogens is 525 g/mol. The van der Waals surface area contributed by atoms with E-state index < -0.39 is 17.2 Å². The Bertz CT molecular complexity index is 1710. The standard InChI is InChI=1S/C26H26FN7O4S/c1-2-32-13-17(25(37)38)23(35)16-11-18(27)21(12-20(16)32)33-9-7-31(8-10-33)14-34-19-6-4-3-5-15(19)22(24(34)36)29-30-26(28)39/h3-6,11-13,36H,2,7-10,14H2,1H3,(H2,28,39)(H,37,38). The van der Waals surface area contributed by atoms with Crippen molar-refractivity contribution in [3.05, 3.63) is 64.2 Å². The van der Waals surface area contributed by atoms with E-state index in [1.54, 1.807) is 15.2 Å². The third-order valence-electron chi connectivity index (χ3n) is 6.94. The minimum atomic E-state index is -1.34. The minimum Gasteiger partial charge on any atom is -0.493 e. The van der Waals surface area contributed by atoms with Gasteiger partial charge in [-0.05, 0) is 37.3 Å². The number of aromatic carboxylic acids is 1. The lowest BCUT2D eigenvalue weighted by Gasteiger charge is -2.36. The summed E-state index contributed by atoms with van der Waals surface area (Å²) in [6.45, 7) is 4.77. The Morgan fingerprint density at radius 1 is 1.13 bits per heavy atom. The molecule has 1 saturated heterocycles. The molecule has 1 aliphatic rings. The number of anilines is 1.